The van der Waals surface area contributed by atoms with Crippen molar-refractivity contribution < 1.29 is 17.6 Å². The number of aromatic amines is 1. The van der Waals surface area contributed by atoms with E-state index in [1.165, 1.54) is 4.90 Å². The van der Waals surface area contributed by atoms with Crippen molar-refractivity contribution in [2.24, 2.45) is 5.14 Å². The molecule has 1 aromatic heterocycles. The molecule has 1 aromatic carbocycles. The summed E-state index contributed by atoms with van der Waals surface area (Å²) in [5.74, 6) is -1.21. The van der Waals surface area contributed by atoms with Gasteiger partial charge >= 0.3 is 0 Å². The van der Waals surface area contributed by atoms with Crippen molar-refractivity contribution in [3.63, 3.8) is 0 Å². The van der Waals surface area contributed by atoms with Gasteiger partial charge in [0.05, 0.1) is 10.5 Å². The predicted octanol–water partition coefficient (Wildman–Crippen LogP) is 1.22. The van der Waals surface area contributed by atoms with Crippen molar-refractivity contribution in [1.29, 1.82) is 0 Å². The van der Waals surface area contributed by atoms with E-state index in [-0.39, 0.29) is 16.4 Å². The number of nitrogens with zero attached hydrogens (tertiary/aromatic N) is 2. The second-order valence-corrected chi connectivity index (χ2v) is 7.35. The van der Waals surface area contributed by atoms with E-state index < -0.39 is 21.7 Å². The number of hydrogen-bond acceptors (Lipinski definition) is 4. The average molecular weight is 352 g/mol. The molecule has 0 radical (unpaired) electrons. The van der Waals surface area contributed by atoms with Crippen LogP contribution in [0.15, 0.2) is 35.4 Å². The Morgan fingerprint density at radius 1 is 1.38 bits per heavy atom. The molecule has 3 N–H and O–H groups in total. The number of benzene rings is 1. The molecule has 1 aliphatic rings. The molecule has 24 heavy (non-hydrogen) atoms. The van der Waals surface area contributed by atoms with Gasteiger partial charge in [-0.3, -0.25) is 9.89 Å². The van der Waals surface area contributed by atoms with Gasteiger partial charge in [0.25, 0.3) is 5.91 Å². The molecule has 1 saturated heterocycles. The number of carbonyl (C=O) groups is 1. The van der Waals surface area contributed by atoms with Crippen LogP contribution in [0.1, 0.15) is 34.8 Å². The lowest BCUT2D eigenvalue weighted by Crippen LogP contribution is -2.39. The fourth-order valence-electron chi connectivity index (χ4n) is 2.93. The maximum atomic E-state index is 14.0. The minimum Gasteiger partial charge on any atom is -0.338 e. The zero-order valence-corrected chi connectivity index (χ0v) is 13.6. The zero-order chi connectivity index (χ0) is 17.3. The summed E-state index contributed by atoms with van der Waals surface area (Å²) in [4.78, 5) is 13.9. The van der Waals surface area contributed by atoms with E-state index in [2.05, 4.69) is 10.2 Å². The predicted molar refractivity (Wildman–Crippen MR) is 84.2 cm³/mol. The van der Waals surface area contributed by atoms with Gasteiger partial charge in [0, 0.05) is 30.9 Å². The summed E-state index contributed by atoms with van der Waals surface area (Å²) in [6.07, 6.45) is 3.31. The summed E-state index contributed by atoms with van der Waals surface area (Å²) in [6.45, 7) is 0.905. The number of likely N-dealkylation sites (tertiary alicyclic amines) is 1. The molecule has 9 heteroatoms. The van der Waals surface area contributed by atoms with Crippen LogP contribution in [-0.4, -0.2) is 42.5 Å². The van der Waals surface area contributed by atoms with E-state index in [1.54, 1.807) is 6.20 Å². The number of hydrogen-bond donors (Lipinski definition) is 2. The molecule has 2 aromatic rings. The molecule has 0 unspecified atom stereocenters. The number of nitrogens with one attached hydrogen (secondary N) is 1. The number of amides is 1. The molecule has 1 amide bonds. The molecule has 1 aliphatic heterocycles. The quantitative estimate of drug-likeness (QED) is 0.865. The van der Waals surface area contributed by atoms with E-state index in [1.807, 2.05) is 6.07 Å². The lowest BCUT2D eigenvalue weighted by atomic mass is 9.94. The Kier molecular flexibility index (Phi) is 4.37. The number of sulfonamides is 1. The van der Waals surface area contributed by atoms with Crippen molar-refractivity contribution in [1.82, 2.24) is 15.1 Å². The zero-order valence-electron chi connectivity index (χ0n) is 12.8. The second-order valence-electron chi connectivity index (χ2n) is 5.79. The summed E-state index contributed by atoms with van der Waals surface area (Å²) >= 11 is 0. The number of primary sulfonamides is 1. The molecular formula is C15H17FN4O3S. The summed E-state index contributed by atoms with van der Waals surface area (Å²) in [7, 11) is -4.00. The van der Waals surface area contributed by atoms with Gasteiger partial charge in [0.2, 0.25) is 10.0 Å². The van der Waals surface area contributed by atoms with Crippen LogP contribution in [-0.2, 0) is 10.0 Å². The van der Waals surface area contributed by atoms with E-state index in [0.717, 1.165) is 36.7 Å². The van der Waals surface area contributed by atoms with Crippen LogP contribution in [0.4, 0.5) is 4.39 Å². The first kappa shape index (κ1) is 16.6. The molecule has 3 rings (SSSR count). The smallest absolute Gasteiger partial charge is 0.256 e. The third-order valence-electron chi connectivity index (χ3n) is 4.17. The van der Waals surface area contributed by atoms with Gasteiger partial charge in [-0.2, -0.15) is 5.10 Å². The first-order valence-corrected chi connectivity index (χ1v) is 9.02. The van der Waals surface area contributed by atoms with Crippen LogP contribution < -0.4 is 5.14 Å². The van der Waals surface area contributed by atoms with E-state index in [0.29, 0.717) is 13.1 Å². The number of piperidine rings is 1. The highest BCUT2D eigenvalue weighted by atomic mass is 32.2. The van der Waals surface area contributed by atoms with E-state index >= 15 is 0 Å². The topological polar surface area (TPSA) is 109 Å². The monoisotopic (exact) mass is 352 g/mol. The largest absolute Gasteiger partial charge is 0.338 e. The molecule has 1 fully saturated rings. The molecule has 0 spiro atoms. The molecule has 128 valence electrons. The number of H-pyrrole nitrogens is 1. The summed E-state index contributed by atoms with van der Waals surface area (Å²) in [5.41, 5.74) is 0.637. The van der Waals surface area contributed by atoms with Crippen molar-refractivity contribution in [3.8, 4) is 0 Å². The van der Waals surface area contributed by atoms with Crippen molar-refractivity contribution in [3.05, 3.63) is 47.5 Å². The van der Waals surface area contributed by atoms with Gasteiger partial charge in [0.15, 0.2) is 0 Å². The van der Waals surface area contributed by atoms with Crippen LogP contribution in [0.25, 0.3) is 0 Å². The Hall–Kier alpha value is -2.26. The number of halogens is 1. The lowest BCUT2D eigenvalue weighted by molar-refractivity contribution is 0.0701. The lowest BCUT2D eigenvalue weighted by Gasteiger charge is -2.32. The second kappa shape index (κ2) is 6.33. The Balaban J connectivity index is 1.86. The van der Waals surface area contributed by atoms with Gasteiger partial charge in [-0.1, -0.05) is 0 Å². The Labute approximate surface area is 138 Å². The van der Waals surface area contributed by atoms with Gasteiger partial charge in [0.1, 0.15) is 5.82 Å². The SMILES string of the molecule is NS(=O)(=O)c1ccc(F)c(C(=O)N2CCC[C@@H](c3ccn[nH]3)C2)c1. The third kappa shape index (κ3) is 3.31. The standard InChI is InChI=1S/C15H17FN4O3S/c16-13-4-3-11(24(17,22)23)8-12(13)15(21)20-7-1-2-10(9-20)14-5-6-18-19-14/h3-6,8,10H,1-2,7,9H2,(H,18,19)(H2,17,22,23)/t10-/m1/s1. The van der Waals surface area contributed by atoms with Crippen LogP contribution in [0.5, 0.6) is 0 Å². The van der Waals surface area contributed by atoms with Crippen LogP contribution >= 0.6 is 0 Å². The highest BCUT2D eigenvalue weighted by molar-refractivity contribution is 7.89. The molecule has 1 atom stereocenters. The minimum atomic E-state index is -4.00. The number of rotatable bonds is 3. The normalized spacial score (nSPS) is 18.6. The maximum absolute atomic E-state index is 14.0. The summed E-state index contributed by atoms with van der Waals surface area (Å²) in [5, 5.41) is 11.9. The average Bonchev–Trinajstić information content (AvgIpc) is 3.08. The Morgan fingerprint density at radius 2 is 2.17 bits per heavy atom. The van der Waals surface area contributed by atoms with Gasteiger partial charge < -0.3 is 4.90 Å². The van der Waals surface area contributed by atoms with E-state index in [4.69, 9.17) is 5.14 Å². The van der Waals surface area contributed by atoms with Gasteiger partial charge in [-0.15, -0.1) is 0 Å². The number of nitrogens with two attached hydrogens (primary N) is 1. The Morgan fingerprint density at radius 3 is 2.83 bits per heavy atom. The summed E-state index contributed by atoms with van der Waals surface area (Å²) in [6, 6.07) is 4.84. The maximum Gasteiger partial charge on any atom is 0.256 e. The molecule has 2 heterocycles. The fraction of sp³-hybridized carbons (Fsp3) is 0.333. The molecule has 0 saturated carbocycles. The molecule has 0 bridgehead atoms. The van der Waals surface area contributed by atoms with E-state index in [9.17, 15) is 17.6 Å². The fourth-order valence-corrected chi connectivity index (χ4v) is 3.46. The molecule has 0 aliphatic carbocycles. The number of aromatic nitrogens is 2. The van der Waals surface area contributed by atoms with Crippen LogP contribution in [0.2, 0.25) is 0 Å². The first-order chi connectivity index (χ1) is 11.4. The van der Waals surface area contributed by atoms with Crippen LogP contribution in [0.3, 0.4) is 0 Å². The third-order valence-corrected chi connectivity index (χ3v) is 5.08. The molecule has 7 nitrogen and oxygen atoms in total. The van der Waals surface area contributed by atoms with Crippen LogP contribution in [0, 0.1) is 5.82 Å². The van der Waals surface area contributed by atoms with Gasteiger partial charge in [-0.05, 0) is 37.1 Å². The highest BCUT2D eigenvalue weighted by Crippen LogP contribution is 2.27. The van der Waals surface area contributed by atoms with Crippen molar-refractivity contribution in [2.75, 3.05) is 13.1 Å². The Bertz CT molecular complexity index is 852. The summed E-state index contributed by atoms with van der Waals surface area (Å²) < 4.78 is 36.9. The number of carbonyl (C=O) groups excluding carboxylic acids is 1. The van der Waals surface area contributed by atoms with Crippen molar-refractivity contribution >= 4 is 15.9 Å². The van der Waals surface area contributed by atoms with Gasteiger partial charge in [-0.25, -0.2) is 17.9 Å². The highest BCUT2D eigenvalue weighted by Gasteiger charge is 2.28. The minimum absolute atomic E-state index is 0.0923. The van der Waals surface area contributed by atoms with Crippen molar-refractivity contribution in [2.45, 2.75) is 23.7 Å². The molecular weight excluding hydrogens is 335 g/mol. The first-order valence-electron chi connectivity index (χ1n) is 7.47.